The van der Waals surface area contributed by atoms with E-state index in [9.17, 15) is 4.39 Å². The molecule has 0 aliphatic rings. The number of hydrogen-bond donors (Lipinski definition) is 1. The lowest BCUT2D eigenvalue weighted by atomic mass is 10.1. The summed E-state index contributed by atoms with van der Waals surface area (Å²) in [5.74, 6) is 0.251. The predicted molar refractivity (Wildman–Crippen MR) is 59.3 cm³/mol. The molecule has 0 spiro atoms. The minimum atomic E-state index is -0.247. The van der Waals surface area contributed by atoms with Gasteiger partial charge in [-0.2, -0.15) is 0 Å². The van der Waals surface area contributed by atoms with Crippen molar-refractivity contribution in [1.29, 1.82) is 0 Å². The van der Waals surface area contributed by atoms with Crippen LogP contribution in [-0.2, 0) is 0 Å². The Hall–Kier alpha value is -1.31. The maximum Gasteiger partial charge on any atom is 0.123 e. The average molecular weight is 193 g/mol. The van der Waals surface area contributed by atoms with Crippen LogP contribution in [0.2, 0.25) is 0 Å². The Morgan fingerprint density at radius 1 is 1.50 bits per heavy atom. The molecule has 0 bridgehead atoms. The summed E-state index contributed by atoms with van der Waals surface area (Å²) in [7, 11) is 0. The molecule has 0 aromatic heterocycles. The molecular weight excluding hydrogens is 177 g/mol. The van der Waals surface area contributed by atoms with E-state index >= 15 is 0 Å². The second-order valence-corrected chi connectivity index (χ2v) is 3.52. The molecule has 0 heterocycles. The highest BCUT2D eigenvalue weighted by atomic mass is 19.1. The van der Waals surface area contributed by atoms with E-state index in [2.05, 4.69) is 13.8 Å². The highest BCUT2D eigenvalue weighted by Gasteiger charge is 1.98. The Kier molecular flexibility index (Phi) is 3.69. The maximum atomic E-state index is 12.9. The molecule has 14 heavy (non-hydrogen) atoms. The summed E-state index contributed by atoms with van der Waals surface area (Å²) >= 11 is 0. The summed E-state index contributed by atoms with van der Waals surface area (Å²) in [6.45, 7) is 4.23. The van der Waals surface area contributed by atoms with Gasteiger partial charge in [-0.05, 0) is 29.7 Å². The van der Waals surface area contributed by atoms with Gasteiger partial charge in [0.15, 0.2) is 0 Å². The Labute approximate surface area is 84.4 Å². The van der Waals surface area contributed by atoms with Gasteiger partial charge in [-0.25, -0.2) is 4.39 Å². The zero-order valence-electron chi connectivity index (χ0n) is 8.63. The third-order valence-corrected chi connectivity index (χ3v) is 2.30. The van der Waals surface area contributed by atoms with Gasteiger partial charge in [0.25, 0.3) is 0 Å². The van der Waals surface area contributed by atoms with E-state index in [4.69, 9.17) is 5.73 Å². The summed E-state index contributed by atoms with van der Waals surface area (Å²) in [5.41, 5.74) is 7.07. The molecule has 2 heteroatoms. The van der Waals surface area contributed by atoms with E-state index in [1.54, 1.807) is 6.07 Å². The lowest BCUT2D eigenvalue weighted by molar-refractivity contribution is 0.627. The fraction of sp³-hybridized carbons (Fsp3) is 0.333. The van der Waals surface area contributed by atoms with Crippen molar-refractivity contribution in [1.82, 2.24) is 0 Å². The SMILES string of the molecule is CC[C@@H](C)/C=C\c1cc(F)ccc1N. The fourth-order valence-electron chi connectivity index (χ4n) is 1.09. The standard InChI is InChI=1S/C12H16FN/c1-3-9(2)4-5-10-8-11(13)6-7-12(10)14/h4-9H,3,14H2,1-2H3/b5-4-/t9-/m1/s1. The number of anilines is 1. The zero-order valence-corrected chi connectivity index (χ0v) is 8.63. The van der Waals surface area contributed by atoms with E-state index < -0.39 is 0 Å². The van der Waals surface area contributed by atoms with Gasteiger partial charge in [0.1, 0.15) is 5.82 Å². The third kappa shape index (κ3) is 2.87. The van der Waals surface area contributed by atoms with Gasteiger partial charge in [0.05, 0.1) is 0 Å². The molecule has 0 fully saturated rings. The maximum absolute atomic E-state index is 12.9. The molecule has 1 nitrogen and oxygen atoms in total. The minimum Gasteiger partial charge on any atom is -0.398 e. The number of allylic oxidation sites excluding steroid dienone is 1. The van der Waals surface area contributed by atoms with Crippen LogP contribution in [0, 0.1) is 11.7 Å². The fourth-order valence-corrected chi connectivity index (χ4v) is 1.09. The van der Waals surface area contributed by atoms with Crippen LogP contribution in [0.3, 0.4) is 0 Å². The van der Waals surface area contributed by atoms with E-state index in [1.165, 1.54) is 12.1 Å². The first-order chi connectivity index (χ1) is 6.63. The van der Waals surface area contributed by atoms with Crippen LogP contribution in [0.15, 0.2) is 24.3 Å². The van der Waals surface area contributed by atoms with Crippen LogP contribution in [0.1, 0.15) is 25.8 Å². The van der Waals surface area contributed by atoms with Crippen molar-refractivity contribution in [3.63, 3.8) is 0 Å². The Morgan fingerprint density at radius 3 is 2.86 bits per heavy atom. The van der Waals surface area contributed by atoms with Gasteiger partial charge in [-0.3, -0.25) is 0 Å². The molecule has 0 saturated heterocycles. The smallest absolute Gasteiger partial charge is 0.123 e. The van der Waals surface area contributed by atoms with Gasteiger partial charge in [0.2, 0.25) is 0 Å². The van der Waals surface area contributed by atoms with Crippen molar-refractivity contribution in [2.45, 2.75) is 20.3 Å². The molecule has 1 aromatic rings. The number of hydrogen-bond acceptors (Lipinski definition) is 1. The Balaban J connectivity index is 2.85. The van der Waals surface area contributed by atoms with Gasteiger partial charge >= 0.3 is 0 Å². The number of nitrogens with two attached hydrogens (primary N) is 1. The molecule has 0 saturated carbocycles. The number of rotatable bonds is 3. The van der Waals surface area contributed by atoms with E-state index in [0.717, 1.165) is 12.0 Å². The summed E-state index contributed by atoms with van der Waals surface area (Å²) in [4.78, 5) is 0. The van der Waals surface area contributed by atoms with E-state index in [0.29, 0.717) is 11.6 Å². The van der Waals surface area contributed by atoms with E-state index in [-0.39, 0.29) is 5.82 Å². The topological polar surface area (TPSA) is 26.0 Å². The summed E-state index contributed by atoms with van der Waals surface area (Å²) in [5, 5.41) is 0. The molecule has 0 aliphatic carbocycles. The highest BCUT2D eigenvalue weighted by molar-refractivity contribution is 5.64. The first kappa shape index (κ1) is 10.8. The van der Waals surface area contributed by atoms with Crippen molar-refractivity contribution in [3.05, 3.63) is 35.7 Å². The van der Waals surface area contributed by atoms with Crippen LogP contribution in [0.5, 0.6) is 0 Å². The zero-order chi connectivity index (χ0) is 10.6. The van der Waals surface area contributed by atoms with Gasteiger partial charge < -0.3 is 5.73 Å². The van der Waals surface area contributed by atoms with Crippen molar-refractivity contribution in [2.75, 3.05) is 5.73 Å². The Bertz CT molecular complexity index is 331. The number of halogens is 1. The second-order valence-electron chi connectivity index (χ2n) is 3.52. The first-order valence-corrected chi connectivity index (χ1v) is 4.86. The van der Waals surface area contributed by atoms with Crippen LogP contribution in [0.4, 0.5) is 10.1 Å². The minimum absolute atomic E-state index is 0.247. The largest absolute Gasteiger partial charge is 0.398 e. The van der Waals surface area contributed by atoms with Crippen molar-refractivity contribution < 1.29 is 4.39 Å². The first-order valence-electron chi connectivity index (χ1n) is 4.86. The highest BCUT2D eigenvalue weighted by Crippen LogP contribution is 2.16. The second kappa shape index (κ2) is 4.80. The average Bonchev–Trinajstić information content (AvgIpc) is 2.19. The van der Waals surface area contributed by atoms with E-state index in [1.807, 2.05) is 12.2 Å². The molecular formula is C12H16FN. The summed E-state index contributed by atoms with van der Waals surface area (Å²) in [6.07, 6.45) is 5.00. The molecule has 0 amide bonds. The predicted octanol–water partition coefficient (Wildman–Crippen LogP) is 3.47. The van der Waals surface area contributed by atoms with Gasteiger partial charge in [-0.15, -0.1) is 0 Å². The quantitative estimate of drug-likeness (QED) is 0.731. The molecule has 1 rings (SSSR count). The molecule has 1 aromatic carbocycles. The van der Waals surface area contributed by atoms with Gasteiger partial charge in [-0.1, -0.05) is 32.4 Å². The van der Waals surface area contributed by atoms with Gasteiger partial charge in [0, 0.05) is 5.69 Å². The molecule has 0 radical (unpaired) electrons. The van der Waals surface area contributed by atoms with Crippen molar-refractivity contribution >= 4 is 11.8 Å². The van der Waals surface area contributed by atoms with Crippen LogP contribution < -0.4 is 5.73 Å². The summed E-state index contributed by atoms with van der Waals surface area (Å²) < 4.78 is 12.9. The number of nitrogen functional groups attached to an aromatic ring is 1. The lowest BCUT2D eigenvalue weighted by Crippen LogP contribution is -1.91. The monoisotopic (exact) mass is 193 g/mol. The van der Waals surface area contributed by atoms with Crippen LogP contribution in [-0.4, -0.2) is 0 Å². The third-order valence-electron chi connectivity index (χ3n) is 2.30. The lowest BCUT2D eigenvalue weighted by Gasteiger charge is -2.02. The number of benzene rings is 1. The molecule has 0 aliphatic heterocycles. The molecule has 1 atom stereocenters. The van der Waals surface area contributed by atoms with Crippen molar-refractivity contribution in [3.8, 4) is 0 Å². The van der Waals surface area contributed by atoms with Crippen LogP contribution >= 0.6 is 0 Å². The summed E-state index contributed by atoms with van der Waals surface area (Å²) in [6, 6.07) is 4.41. The van der Waals surface area contributed by atoms with Crippen molar-refractivity contribution in [2.24, 2.45) is 5.92 Å². The Morgan fingerprint density at radius 2 is 2.21 bits per heavy atom. The molecule has 2 N–H and O–H groups in total. The molecule has 76 valence electrons. The normalized spacial score (nSPS) is 13.4. The molecule has 0 unspecified atom stereocenters. The van der Waals surface area contributed by atoms with Crippen LogP contribution in [0.25, 0.3) is 6.08 Å².